The first-order chi connectivity index (χ1) is 10.5. The lowest BCUT2D eigenvalue weighted by atomic mass is 9.78. The fourth-order valence-electron chi connectivity index (χ4n) is 3.35. The summed E-state index contributed by atoms with van der Waals surface area (Å²) in [6.07, 6.45) is -8.48. The van der Waals surface area contributed by atoms with E-state index in [-0.39, 0.29) is 24.4 Å². The summed E-state index contributed by atoms with van der Waals surface area (Å²) < 4.78 is 66.6. The molecule has 23 heavy (non-hydrogen) atoms. The van der Waals surface area contributed by atoms with Crippen molar-refractivity contribution in [3.63, 3.8) is 0 Å². The average Bonchev–Trinajstić information content (AvgIpc) is 2.81. The van der Waals surface area contributed by atoms with Crippen molar-refractivity contribution >= 4 is 5.82 Å². The van der Waals surface area contributed by atoms with E-state index in [9.17, 15) is 32.2 Å². The molecule has 4 N–H and O–H groups in total. The minimum absolute atomic E-state index is 0.00186. The number of aromatic nitrogens is 2. The summed E-state index contributed by atoms with van der Waals surface area (Å²) >= 11 is 0. The minimum Gasteiger partial charge on any atom is -0.376 e. The van der Waals surface area contributed by atoms with Crippen LogP contribution in [0.3, 0.4) is 0 Å². The Morgan fingerprint density at radius 2 is 1.78 bits per heavy atom. The van der Waals surface area contributed by atoms with Crippen LogP contribution in [-0.2, 0) is 5.60 Å². The minimum atomic E-state index is -5.03. The maximum absolute atomic E-state index is 13.4. The first-order valence-electron chi connectivity index (χ1n) is 7.24. The maximum atomic E-state index is 13.4. The SMILES string of the molecule is OC1CC(O)(C(F)(F)F)c2c(n[nH]c2C2CCC(F)(F)CC2)N1. The van der Waals surface area contributed by atoms with Crippen molar-refractivity contribution in [2.24, 2.45) is 0 Å². The van der Waals surface area contributed by atoms with Crippen molar-refractivity contribution in [3.8, 4) is 0 Å². The predicted molar refractivity (Wildman–Crippen MR) is 68.9 cm³/mol. The van der Waals surface area contributed by atoms with Gasteiger partial charge in [-0.3, -0.25) is 5.10 Å². The van der Waals surface area contributed by atoms with Gasteiger partial charge in [0.15, 0.2) is 11.4 Å². The summed E-state index contributed by atoms with van der Waals surface area (Å²) in [5.41, 5.74) is -3.75. The highest BCUT2D eigenvalue weighted by molar-refractivity contribution is 5.54. The second kappa shape index (κ2) is 5.04. The Bertz CT molecular complexity index is 593. The Morgan fingerprint density at radius 1 is 1.17 bits per heavy atom. The molecule has 0 bridgehead atoms. The van der Waals surface area contributed by atoms with E-state index in [0.717, 1.165) is 0 Å². The largest absolute Gasteiger partial charge is 0.421 e. The summed E-state index contributed by atoms with van der Waals surface area (Å²) in [5, 5.41) is 28.2. The maximum Gasteiger partial charge on any atom is 0.421 e. The van der Waals surface area contributed by atoms with Gasteiger partial charge in [-0.15, -0.1) is 0 Å². The number of anilines is 1. The molecule has 1 fully saturated rings. The van der Waals surface area contributed by atoms with Crippen LogP contribution in [0.15, 0.2) is 0 Å². The Hall–Kier alpha value is -1.42. The lowest BCUT2D eigenvalue weighted by Crippen LogP contribution is -2.50. The van der Waals surface area contributed by atoms with Gasteiger partial charge in [0.2, 0.25) is 5.92 Å². The fourth-order valence-corrected chi connectivity index (χ4v) is 3.35. The van der Waals surface area contributed by atoms with Gasteiger partial charge in [-0.25, -0.2) is 8.78 Å². The Morgan fingerprint density at radius 3 is 2.35 bits per heavy atom. The molecular weight excluding hydrogens is 325 g/mol. The smallest absolute Gasteiger partial charge is 0.376 e. The second-order valence-corrected chi connectivity index (χ2v) is 6.21. The van der Waals surface area contributed by atoms with Gasteiger partial charge in [-0.1, -0.05) is 0 Å². The highest BCUT2D eigenvalue weighted by Crippen LogP contribution is 2.51. The molecule has 0 amide bonds. The number of aliphatic hydroxyl groups is 2. The topological polar surface area (TPSA) is 81.2 Å². The van der Waals surface area contributed by atoms with Crippen molar-refractivity contribution in [3.05, 3.63) is 11.3 Å². The van der Waals surface area contributed by atoms with Crippen LogP contribution in [0.5, 0.6) is 0 Å². The van der Waals surface area contributed by atoms with E-state index in [1.807, 2.05) is 0 Å². The Kier molecular flexibility index (Phi) is 3.60. The van der Waals surface area contributed by atoms with E-state index in [4.69, 9.17) is 0 Å². The molecule has 130 valence electrons. The van der Waals surface area contributed by atoms with E-state index in [2.05, 4.69) is 15.5 Å². The standard InChI is InChI=1S/C13H16F5N3O2/c14-11(15)3-1-6(2-4-11)9-8-10(21-20-9)19-7(22)5-12(8,23)13(16,17)18/h6-7,22-23H,1-5H2,(H2,19,20,21). The molecule has 0 aromatic carbocycles. The number of nitrogens with zero attached hydrogens (tertiary/aromatic N) is 1. The van der Waals surface area contributed by atoms with Crippen molar-refractivity contribution in [2.75, 3.05) is 5.32 Å². The summed E-state index contributed by atoms with van der Waals surface area (Å²) in [5.74, 6) is -3.68. The molecule has 2 atom stereocenters. The summed E-state index contributed by atoms with van der Waals surface area (Å²) in [6, 6.07) is 0. The molecule has 2 heterocycles. The molecule has 1 saturated carbocycles. The van der Waals surface area contributed by atoms with Gasteiger partial charge >= 0.3 is 6.18 Å². The van der Waals surface area contributed by atoms with Gasteiger partial charge in [0, 0.05) is 30.9 Å². The third-order valence-electron chi connectivity index (χ3n) is 4.59. The number of H-pyrrole nitrogens is 1. The zero-order valence-electron chi connectivity index (χ0n) is 11.9. The molecule has 5 nitrogen and oxygen atoms in total. The normalized spacial score (nSPS) is 31.5. The van der Waals surface area contributed by atoms with Crippen molar-refractivity contribution in [1.82, 2.24) is 10.2 Å². The molecule has 2 unspecified atom stereocenters. The molecule has 1 aromatic heterocycles. The van der Waals surface area contributed by atoms with Gasteiger partial charge in [-0.2, -0.15) is 18.3 Å². The van der Waals surface area contributed by atoms with Gasteiger partial charge in [-0.05, 0) is 12.8 Å². The molecule has 0 radical (unpaired) electrons. The zero-order valence-corrected chi connectivity index (χ0v) is 11.9. The molecule has 1 aromatic rings. The van der Waals surface area contributed by atoms with Crippen LogP contribution in [0.1, 0.15) is 49.3 Å². The summed E-state index contributed by atoms with van der Waals surface area (Å²) in [4.78, 5) is 0. The number of nitrogens with one attached hydrogen (secondary N) is 2. The average molecular weight is 341 g/mol. The monoisotopic (exact) mass is 341 g/mol. The molecule has 10 heteroatoms. The number of rotatable bonds is 1. The van der Waals surface area contributed by atoms with Crippen LogP contribution in [0, 0.1) is 0 Å². The molecule has 1 aliphatic heterocycles. The third-order valence-corrected chi connectivity index (χ3v) is 4.59. The van der Waals surface area contributed by atoms with Crippen molar-refractivity contribution < 1.29 is 32.2 Å². The molecule has 2 aliphatic rings. The Labute approximate surface area is 127 Å². The predicted octanol–water partition coefficient (Wildman–Crippen LogP) is 2.59. The van der Waals surface area contributed by atoms with Gasteiger partial charge in [0.05, 0.1) is 5.56 Å². The first-order valence-corrected chi connectivity index (χ1v) is 7.24. The van der Waals surface area contributed by atoms with E-state index >= 15 is 0 Å². The van der Waals surface area contributed by atoms with Gasteiger partial charge in [0.1, 0.15) is 6.23 Å². The fraction of sp³-hybridized carbons (Fsp3) is 0.769. The number of hydrogen-bond acceptors (Lipinski definition) is 4. The molecule has 3 rings (SSSR count). The molecule has 1 aliphatic carbocycles. The molecule has 0 spiro atoms. The van der Waals surface area contributed by atoms with Crippen LogP contribution >= 0.6 is 0 Å². The summed E-state index contributed by atoms with van der Waals surface area (Å²) in [6.45, 7) is 0. The second-order valence-electron chi connectivity index (χ2n) is 6.21. The lowest BCUT2D eigenvalue weighted by Gasteiger charge is -2.38. The number of alkyl halides is 5. The molecule has 0 saturated heterocycles. The van der Waals surface area contributed by atoms with E-state index in [1.54, 1.807) is 0 Å². The first kappa shape index (κ1) is 16.4. The van der Waals surface area contributed by atoms with E-state index < -0.39 is 54.7 Å². The third kappa shape index (κ3) is 2.67. The van der Waals surface area contributed by atoms with Crippen molar-refractivity contribution in [1.29, 1.82) is 0 Å². The van der Waals surface area contributed by atoms with Crippen LogP contribution in [0.2, 0.25) is 0 Å². The zero-order chi connectivity index (χ0) is 17.0. The number of hydrogen-bond donors (Lipinski definition) is 4. The number of fused-ring (bicyclic) bond motifs is 1. The lowest BCUT2D eigenvalue weighted by molar-refractivity contribution is -0.276. The number of halogens is 5. The van der Waals surface area contributed by atoms with E-state index in [1.165, 1.54) is 0 Å². The molecular formula is C13H16F5N3O2. The highest BCUT2D eigenvalue weighted by Gasteiger charge is 2.60. The van der Waals surface area contributed by atoms with Crippen LogP contribution in [0.25, 0.3) is 0 Å². The summed E-state index contributed by atoms with van der Waals surface area (Å²) in [7, 11) is 0. The number of aliphatic hydroxyl groups excluding tert-OH is 1. The Balaban J connectivity index is 2.00. The number of aromatic amines is 1. The van der Waals surface area contributed by atoms with Crippen LogP contribution in [0.4, 0.5) is 27.8 Å². The van der Waals surface area contributed by atoms with Crippen LogP contribution < -0.4 is 5.32 Å². The van der Waals surface area contributed by atoms with Crippen LogP contribution in [-0.4, -0.2) is 38.7 Å². The highest BCUT2D eigenvalue weighted by atomic mass is 19.4. The van der Waals surface area contributed by atoms with Crippen molar-refractivity contribution in [2.45, 2.75) is 61.9 Å². The van der Waals surface area contributed by atoms with E-state index in [0.29, 0.717) is 0 Å². The van der Waals surface area contributed by atoms with Gasteiger partial charge in [0.25, 0.3) is 0 Å². The van der Waals surface area contributed by atoms with Gasteiger partial charge < -0.3 is 15.5 Å². The quantitative estimate of drug-likeness (QED) is 0.592.